The minimum absolute atomic E-state index is 0.429. The summed E-state index contributed by atoms with van der Waals surface area (Å²) in [5, 5.41) is 0. The average molecular weight is 198 g/mol. The van der Waals surface area contributed by atoms with Crippen LogP contribution in [0.1, 0.15) is 26.2 Å². The molecular formula is C9H10O5. The van der Waals surface area contributed by atoms with E-state index >= 15 is 0 Å². The summed E-state index contributed by atoms with van der Waals surface area (Å²) >= 11 is 0. The molecule has 0 aromatic heterocycles. The molecule has 0 amide bonds. The summed E-state index contributed by atoms with van der Waals surface area (Å²) in [7, 11) is 0. The molecule has 2 aliphatic rings. The maximum Gasteiger partial charge on any atom is 0.523 e. The first-order valence-electron chi connectivity index (χ1n) is 4.48. The van der Waals surface area contributed by atoms with E-state index < -0.39 is 12.3 Å². The van der Waals surface area contributed by atoms with Crippen molar-refractivity contribution in [1.29, 1.82) is 0 Å². The Hall–Kier alpha value is -1.52. The number of rotatable bonds is 0. The minimum Gasteiger partial charge on any atom is -0.396 e. The summed E-state index contributed by atoms with van der Waals surface area (Å²) in [6, 6.07) is 0. The van der Waals surface area contributed by atoms with E-state index in [0.29, 0.717) is 30.3 Å². The zero-order valence-corrected chi connectivity index (χ0v) is 7.74. The number of cyclic esters (lactones) is 2. The number of hydrogen-bond donors (Lipinski definition) is 0. The van der Waals surface area contributed by atoms with Crippen molar-refractivity contribution in [2.45, 2.75) is 26.2 Å². The number of hydrogen-bond acceptors (Lipinski definition) is 5. The highest BCUT2D eigenvalue weighted by atomic mass is 16.8. The Morgan fingerprint density at radius 2 is 1.71 bits per heavy atom. The molecule has 2 rings (SSSR count). The van der Waals surface area contributed by atoms with Gasteiger partial charge in [0, 0.05) is 12.8 Å². The molecule has 1 aliphatic carbocycles. The SMILES string of the molecule is C[C@@H]1CCC2=C(C1)OC(=O)OC(=O)O2. The summed E-state index contributed by atoms with van der Waals surface area (Å²) < 4.78 is 13.8. The highest BCUT2D eigenvalue weighted by Gasteiger charge is 2.30. The predicted molar refractivity (Wildman–Crippen MR) is 44.1 cm³/mol. The van der Waals surface area contributed by atoms with Crippen molar-refractivity contribution in [3.8, 4) is 0 Å². The average Bonchev–Trinajstić information content (AvgIpc) is 2.21. The lowest BCUT2D eigenvalue weighted by atomic mass is 9.94. The summed E-state index contributed by atoms with van der Waals surface area (Å²) in [6.45, 7) is 2.05. The Bertz CT molecular complexity index is 317. The molecule has 0 saturated carbocycles. The molecule has 0 aromatic carbocycles. The van der Waals surface area contributed by atoms with Gasteiger partial charge < -0.3 is 14.2 Å². The van der Waals surface area contributed by atoms with Crippen LogP contribution in [0.4, 0.5) is 9.59 Å². The van der Waals surface area contributed by atoms with Crippen LogP contribution in [0.3, 0.4) is 0 Å². The van der Waals surface area contributed by atoms with E-state index in [4.69, 9.17) is 9.47 Å². The lowest BCUT2D eigenvalue weighted by Crippen LogP contribution is -2.11. The van der Waals surface area contributed by atoms with Gasteiger partial charge in [0.2, 0.25) is 0 Å². The van der Waals surface area contributed by atoms with Crippen molar-refractivity contribution >= 4 is 12.3 Å². The summed E-state index contributed by atoms with van der Waals surface area (Å²) in [5.41, 5.74) is 0. The summed E-state index contributed by atoms with van der Waals surface area (Å²) in [6.07, 6.45) is 0.129. The molecule has 14 heavy (non-hydrogen) atoms. The lowest BCUT2D eigenvalue weighted by Gasteiger charge is -2.19. The largest absolute Gasteiger partial charge is 0.523 e. The van der Waals surface area contributed by atoms with Crippen molar-refractivity contribution in [1.82, 2.24) is 0 Å². The second kappa shape index (κ2) is 3.32. The number of carbonyl (C=O) groups excluding carboxylic acids is 2. The van der Waals surface area contributed by atoms with Crippen molar-refractivity contribution in [2.75, 3.05) is 0 Å². The standard InChI is InChI=1S/C9H10O5/c1-5-2-3-6-7(4-5)13-9(11)14-8(10)12-6/h5H,2-4H2,1H3/t5-/m1/s1. The molecule has 0 N–H and O–H groups in total. The maximum absolute atomic E-state index is 10.9. The van der Waals surface area contributed by atoms with Gasteiger partial charge in [-0.1, -0.05) is 6.92 Å². The zero-order chi connectivity index (χ0) is 10.1. The van der Waals surface area contributed by atoms with E-state index in [2.05, 4.69) is 4.74 Å². The smallest absolute Gasteiger partial charge is 0.396 e. The van der Waals surface area contributed by atoms with Gasteiger partial charge in [-0.2, -0.15) is 0 Å². The number of carbonyl (C=O) groups is 2. The van der Waals surface area contributed by atoms with E-state index in [-0.39, 0.29) is 0 Å². The Morgan fingerprint density at radius 1 is 1.07 bits per heavy atom. The van der Waals surface area contributed by atoms with Gasteiger partial charge in [0.05, 0.1) is 0 Å². The zero-order valence-electron chi connectivity index (χ0n) is 7.74. The maximum atomic E-state index is 10.9. The van der Waals surface area contributed by atoms with Crippen LogP contribution in [0.5, 0.6) is 0 Å². The molecule has 5 nitrogen and oxygen atoms in total. The molecule has 1 heterocycles. The van der Waals surface area contributed by atoms with Crippen molar-refractivity contribution < 1.29 is 23.8 Å². The number of ether oxygens (including phenoxy) is 3. The van der Waals surface area contributed by atoms with E-state index in [1.165, 1.54) is 0 Å². The molecule has 0 aromatic rings. The molecule has 76 valence electrons. The van der Waals surface area contributed by atoms with Crippen LogP contribution in [-0.4, -0.2) is 12.3 Å². The Balaban J connectivity index is 2.24. The van der Waals surface area contributed by atoms with Gasteiger partial charge in [-0.15, -0.1) is 0 Å². The number of allylic oxidation sites excluding steroid dienone is 2. The fourth-order valence-corrected chi connectivity index (χ4v) is 1.57. The van der Waals surface area contributed by atoms with Gasteiger partial charge in [-0.05, 0) is 12.3 Å². The quantitative estimate of drug-likeness (QED) is 0.441. The van der Waals surface area contributed by atoms with Crippen LogP contribution < -0.4 is 0 Å². The van der Waals surface area contributed by atoms with Crippen molar-refractivity contribution in [3.63, 3.8) is 0 Å². The lowest BCUT2D eigenvalue weighted by molar-refractivity contribution is 0.0778. The molecule has 0 fully saturated rings. The van der Waals surface area contributed by atoms with E-state index in [0.717, 1.165) is 6.42 Å². The molecular weight excluding hydrogens is 188 g/mol. The van der Waals surface area contributed by atoms with Crippen LogP contribution in [0.15, 0.2) is 11.5 Å². The second-order valence-corrected chi connectivity index (χ2v) is 3.50. The van der Waals surface area contributed by atoms with Crippen molar-refractivity contribution in [3.05, 3.63) is 11.5 Å². The second-order valence-electron chi connectivity index (χ2n) is 3.50. The van der Waals surface area contributed by atoms with Gasteiger partial charge in [-0.25, -0.2) is 9.59 Å². The predicted octanol–water partition coefficient (Wildman–Crippen LogP) is 2.32. The first kappa shape index (κ1) is 9.05. The normalized spacial score (nSPS) is 27.1. The summed E-state index contributed by atoms with van der Waals surface area (Å²) in [5.74, 6) is 1.29. The fourth-order valence-electron chi connectivity index (χ4n) is 1.57. The van der Waals surface area contributed by atoms with Crippen LogP contribution in [0.25, 0.3) is 0 Å². The van der Waals surface area contributed by atoms with Gasteiger partial charge in [0.1, 0.15) is 11.5 Å². The summed E-state index contributed by atoms with van der Waals surface area (Å²) in [4.78, 5) is 21.7. The molecule has 0 spiro atoms. The van der Waals surface area contributed by atoms with Crippen molar-refractivity contribution in [2.24, 2.45) is 5.92 Å². The highest BCUT2D eigenvalue weighted by Crippen LogP contribution is 2.32. The van der Waals surface area contributed by atoms with Crippen LogP contribution >= 0.6 is 0 Å². The van der Waals surface area contributed by atoms with Crippen LogP contribution in [-0.2, 0) is 14.2 Å². The molecule has 0 saturated heterocycles. The molecule has 0 unspecified atom stereocenters. The molecule has 0 radical (unpaired) electrons. The first-order valence-corrected chi connectivity index (χ1v) is 4.48. The monoisotopic (exact) mass is 198 g/mol. The Labute approximate surface area is 80.6 Å². The topological polar surface area (TPSA) is 61.8 Å². The van der Waals surface area contributed by atoms with Gasteiger partial charge >= 0.3 is 12.3 Å². The van der Waals surface area contributed by atoms with Crippen LogP contribution in [0.2, 0.25) is 0 Å². The van der Waals surface area contributed by atoms with Gasteiger partial charge in [-0.3, -0.25) is 0 Å². The molecule has 0 bridgehead atoms. The molecule has 1 aliphatic heterocycles. The van der Waals surface area contributed by atoms with Gasteiger partial charge in [0.15, 0.2) is 0 Å². The van der Waals surface area contributed by atoms with Gasteiger partial charge in [0.25, 0.3) is 0 Å². The van der Waals surface area contributed by atoms with Crippen LogP contribution in [0, 0.1) is 5.92 Å². The third-order valence-electron chi connectivity index (χ3n) is 2.29. The Morgan fingerprint density at radius 3 is 2.43 bits per heavy atom. The molecule has 1 atom stereocenters. The van der Waals surface area contributed by atoms with E-state index in [1.54, 1.807) is 0 Å². The van der Waals surface area contributed by atoms with E-state index in [1.807, 2.05) is 6.92 Å². The third-order valence-corrected chi connectivity index (χ3v) is 2.29. The minimum atomic E-state index is -1.01. The highest BCUT2D eigenvalue weighted by molar-refractivity contribution is 5.79. The van der Waals surface area contributed by atoms with E-state index in [9.17, 15) is 9.59 Å². The molecule has 5 heteroatoms. The first-order chi connectivity index (χ1) is 6.65. The Kier molecular flexibility index (Phi) is 2.15. The fraction of sp³-hybridized carbons (Fsp3) is 0.556. The third kappa shape index (κ3) is 1.71.